The summed E-state index contributed by atoms with van der Waals surface area (Å²) in [6.45, 7) is 6.13. The van der Waals surface area contributed by atoms with Gasteiger partial charge in [0, 0.05) is 30.0 Å². The predicted octanol–water partition coefficient (Wildman–Crippen LogP) is 4.54. The number of carbonyl (C=O) groups excluding carboxylic acids is 1. The summed E-state index contributed by atoms with van der Waals surface area (Å²) in [6, 6.07) is 12.1. The number of nitrogens with zero attached hydrogens (tertiary/aromatic N) is 4. The second-order valence-electron chi connectivity index (χ2n) is 8.63. The van der Waals surface area contributed by atoms with Crippen molar-refractivity contribution in [1.29, 1.82) is 0 Å². The smallest absolute Gasteiger partial charge is 0.270 e. The van der Waals surface area contributed by atoms with E-state index in [1.807, 2.05) is 37.6 Å². The van der Waals surface area contributed by atoms with Crippen LogP contribution in [0.15, 0.2) is 55.0 Å². The first-order valence-corrected chi connectivity index (χ1v) is 11.1. The number of anilines is 2. The van der Waals surface area contributed by atoms with Gasteiger partial charge in [-0.05, 0) is 51.1 Å². The van der Waals surface area contributed by atoms with Crippen molar-refractivity contribution < 1.29 is 14.6 Å². The molecule has 0 saturated carbocycles. The lowest BCUT2D eigenvalue weighted by atomic mass is 10.1. The molecule has 0 spiro atoms. The van der Waals surface area contributed by atoms with Crippen LogP contribution in [0, 0.1) is 0 Å². The number of aliphatic hydroxyl groups excluding tert-OH is 1. The molecule has 4 rings (SSSR count). The van der Waals surface area contributed by atoms with E-state index in [0.29, 0.717) is 28.8 Å². The van der Waals surface area contributed by atoms with E-state index in [2.05, 4.69) is 25.6 Å². The molecule has 3 N–H and O–H groups in total. The monoisotopic (exact) mass is 480 g/mol. The van der Waals surface area contributed by atoms with Crippen LogP contribution in [0.5, 0.6) is 11.6 Å². The van der Waals surface area contributed by atoms with Crippen LogP contribution in [0.2, 0.25) is 5.02 Å². The van der Waals surface area contributed by atoms with Gasteiger partial charge >= 0.3 is 0 Å². The van der Waals surface area contributed by atoms with Crippen LogP contribution in [0.25, 0.3) is 11.0 Å². The Morgan fingerprint density at radius 1 is 1.18 bits per heavy atom. The molecule has 1 amide bonds. The third-order valence-corrected chi connectivity index (χ3v) is 5.04. The van der Waals surface area contributed by atoms with Crippen LogP contribution in [-0.4, -0.2) is 42.7 Å². The summed E-state index contributed by atoms with van der Waals surface area (Å²) in [4.78, 5) is 25.3. The minimum absolute atomic E-state index is 0.00305. The van der Waals surface area contributed by atoms with Gasteiger partial charge in [-0.1, -0.05) is 17.7 Å². The number of aromatic nitrogens is 4. The molecule has 0 radical (unpaired) electrons. The Labute approximate surface area is 201 Å². The van der Waals surface area contributed by atoms with Gasteiger partial charge in [0.25, 0.3) is 5.91 Å². The normalized spacial score (nSPS) is 11.4. The zero-order chi connectivity index (χ0) is 24.3. The fourth-order valence-corrected chi connectivity index (χ4v) is 3.55. The molecule has 4 aromatic rings. The van der Waals surface area contributed by atoms with E-state index < -0.39 is 0 Å². The minimum Gasteiger partial charge on any atom is -0.437 e. The Bertz CT molecular complexity index is 1330. The van der Waals surface area contributed by atoms with Gasteiger partial charge in [0.1, 0.15) is 23.3 Å². The van der Waals surface area contributed by atoms with Gasteiger partial charge < -0.3 is 25.0 Å². The van der Waals surface area contributed by atoms with E-state index in [0.717, 1.165) is 11.0 Å². The third-order valence-electron chi connectivity index (χ3n) is 4.74. The van der Waals surface area contributed by atoms with Crippen LogP contribution in [0.4, 0.5) is 11.5 Å². The van der Waals surface area contributed by atoms with Crippen LogP contribution in [0.3, 0.4) is 0 Å². The highest BCUT2D eigenvalue weighted by atomic mass is 35.5. The molecule has 0 atom stereocenters. The number of rotatable bonds is 7. The number of hydrogen-bond acceptors (Lipinski definition) is 7. The van der Waals surface area contributed by atoms with Crippen molar-refractivity contribution in [3.05, 3.63) is 65.7 Å². The standard InChI is InChI=1S/C24H25ClN6O3/c1-24(2,3)30-23(33)18-5-4-6-20(29-18)34-19-8-7-15(13-16(19)25)28-22-21-17(26-14-27-22)9-10-31(21)11-12-32/h4-10,13-14,32H,11-12H2,1-3H3,(H,30,33)(H,26,27,28). The average molecular weight is 481 g/mol. The summed E-state index contributed by atoms with van der Waals surface area (Å²) >= 11 is 6.47. The molecule has 9 nitrogen and oxygen atoms in total. The van der Waals surface area contributed by atoms with Crippen LogP contribution < -0.4 is 15.4 Å². The van der Waals surface area contributed by atoms with Gasteiger partial charge in [-0.2, -0.15) is 0 Å². The lowest BCUT2D eigenvalue weighted by Gasteiger charge is -2.20. The molecule has 0 aliphatic carbocycles. The molecular weight excluding hydrogens is 456 g/mol. The molecule has 176 valence electrons. The number of carbonyl (C=O) groups is 1. The average Bonchev–Trinajstić information content (AvgIpc) is 3.19. The number of aliphatic hydroxyl groups is 1. The quantitative estimate of drug-likeness (QED) is 0.356. The Morgan fingerprint density at radius 2 is 2.00 bits per heavy atom. The van der Waals surface area contributed by atoms with Gasteiger partial charge in [0.15, 0.2) is 5.82 Å². The number of pyridine rings is 1. The number of fused-ring (bicyclic) bond motifs is 1. The summed E-state index contributed by atoms with van der Waals surface area (Å²) in [5.41, 5.74) is 2.11. The zero-order valence-corrected chi connectivity index (χ0v) is 19.8. The highest BCUT2D eigenvalue weighted by Crippen LogP contribution is 2.33. The summed E-state index contributed by atoms with van der Waals surface area (Å²) in [5.74, 6) is 0.950. The number of nitrogens with one attached hydrogen (secondary N) is 2. The van der Waals surface area contributed by atoms with Crippen LogP contribution in [0.1, 0.15) is 31.3 Å². The van der Waals surface area contributed by atoms with E-state index in [9.17, 15) is 9.90 Å². The van der Waals surface area contributed by atoms with Crippen LogP contribution in [-0.2, 0) is 6.54 Å². The second kappa shape index (κ2) is 9.66. The molecule has 3 aromatic heterocycles. The molecule has 0 fully saturated rings. The first-order valence-electron chi connectivity index (χ1n) is 10.7. The molecule has 0 bridgehead atoms. The fraction of sp³-hybridized carbons (Fsp3) is 0.250. The molecule has 0 aliphatic rings. The summed E-state index contributed by atoms with van der Waals surface area (Å²) < 4.78 is 7.72. The first kappa shape index (κ1) is 23.5. The number of benzene rings is 1. The largest absolute Gasteiger partial charge is 0.437 e. The molecule has 3 heterocycles. The molecule has 1 aromatic carbocycles. The topological polar surface area (TPSA) is 114 Å². The van der Waals surface area contributed by atoms with Crippen molar-refractivity contribution in [2.75, 3.05) is 11.9 Å². The number of amides is 1. The van der Waals surface area contributed by atoms with E-state index in [1.165, 1.54) is 6.33 Å². The number of halogens is 1. The summed E-state index contributed by atoms with van der Waals surface area (Å²) in [5, 5.41) is 15.8. The molecule has 10 heteroatoms. The zero-order valence-electron chi connectivity index (χ0n) is 19.0. The maximum atomic E-state index is 12.4. The maximum Gasteiger partial charge on any atom is 0.270 e. The highest BCUT2D eigenvalue weighted by Gasteiger charge is 2.17. The van der Waals surface area contributed by atoms with Gasteiger partial charge in [0.05, 0.1) is 17.1 Å². The first-order chi connectivity index (χ1) is 16.2. The van der Waals surface area contributed by atoms with Crippen molar-refractivity contribution in [3.63, 3.8) is 0 Å². The minimum atomic E-state index is -0.378. The summed E-state index contributed by atoms with van der Waals surface area (Å²) in [7, 11) is 0. The Balaban J connectivity index is 1.53. The van der Waals surface area contributed by atoms with E-state index >= 15 is 0 Å². The van der Waals surface area contributed by atoms with Crippen molar-refractivity contribution >= 4 is 40.0 Å². The molecule has 34 heavy (non-hydrogen) atoms. The number of ether oxygens (including phenoxy) is 1. The highest BCUT2D eigenvalue weighted by molar-refractivity contribution is 6.32. The Hall–Kier alpha value is -3.69. The van der Waals surface area contributed by atoms with Gasteiger partial charge in [-0.25, -0.2) is 15.0 Å². The summed E-state index contributed by atoms with van der Waals surface area (Å²) in [6.07, 6.45) is 3.33. The maximum absolute atomic E-state index is 12.4. The molecule has 0 unspecified atom stereocenters. The lowest BCUT2D eigenvalue weighted by molar-refractivity contribution is 0.0913. The molecule has 0 aliphatic heterocycles. The van der Waals surface area contributed by atoms with Gasteiger partial charge in [0.2, 0.25) is 5.88 Å². The molecular formula is C24H25ClN6O3. The van der Waals surface area contributed by atoms with Gasteiger partial charge in [-0.15, -0.1) is 0 Å². The SMILES string of the molecule is CC(C)(C)NC(=O)c1cccc(Oc2ccc(Nc3ncnc4ccn(CCO)c34)cc2Cl)n1. The third kappa shape index (κ3) is 5.44. The van der Waals surface area contributed by atoms with Gasteiger partial charge in [-0.3, -0.25) is 4.79 Å². The predicted molar refractivity (Wildman–Crippen MR) is 131 cm³/mol. The van der Waals surface area contributed by atoms with Crippen LogP contribution >= 0.6 is 11.6 Å². The van der Waals surface area contributed by atoms with E-state index in [-0.39, 0.29) is 29.6 Å². The molecule has 0 saturated heterocycles. The fourth-order valence-electron chi connectivity index (χ4n) is 3.33. The Morgan fingerprint density at radius 3 is 2.74 bits per heavy atom. The van der Waals surface area contributed by atoms with Crippen molar-refractivity contribution in [3.8, 4) is 11.6 Å². The van der Waals surface area contributed by atoms with E-state index in [1.54, 1.807) is 36.4 Å². The Kier molecular flexibility index (Phi) is 6.67. The van der Waals surface area contributed by atoms with E-state index in [4.69, 9.17) is 16.3 Å². The second-order valence-corrected chi connectivity index (χ2v) is 9.03. The lowest BCUT2D eigenvalue weighted by Crippen LogP contribution is -2.40. The van der Waals surface area contributed by atoms with Crippen molar-refractivity contribution in [1.82, 2.24) is 24.8 Å². The number of hydrogen-bond donors (Lipinski definition) is 3. The van der Waals surface area contributed by atoms with Crippen molar-refractivity contribution in [2.24, 2.45) is 0 Å². The van der Waals surface area contributed by atoms with Crippen molar-refractivity contribution in [2.45, 2.75) is 32.9 Å².